The molecule has 1 aromatic heterocycles. The molecule has 2 aromatic rings. The molecule has 3 N–H and O–H groups in total. The lowest BCUT2D eigenvalue weighted by molar-refractivity contribution is 0.0953. The molecule has 6 nitrogen and oxygen atoms in total. The number of hydrogen-bond acceptors (Lipinski definition) is 4. The molecule has 0 aliphatic heterocycles. The number of carbonyl (C=O) groups excluding carboxylic acids is 1. The highest BCUT2D eigenvalue weighted by Crippen LogP contribution is 2.12. The van der Waals surface area contributed by atoms with Gasteiger partial charge >= 0.3 is 0 Å². The fourth-order valence-electron chi connectivity index (χ4n) is 1.76. The SMILES string of the molecule is Cl.Cn1nnc2cc(C(=O)NCCCCN)ccc21. The number of nitrogens with two attached hydrogens (primary N) is 1. The number of unbranched alkanes of at least 4 members (excludes halogenated alkanes) is 1. The summed E-state index contributed by atoms with van der Waals surface area (Å²) in [6.07, 6.45) is 1.82. The smallest absolute Gasteiger partial charge is 0.251 e. The lowest BCUT2D eigenvalue weighted by atomic mass is 10.2. The monoisotopic (exact) mass is 283 g/mol. The second-order valence-electron chi connectivity index (χ2n) is 4.17. The summed E-state index contributed by atoms with van der Waals surface area (Å²) in [5.41, 5.74) is 7.64. The van der Waals surface area contributed by atoms with E-state index in [0.717, 1.165) is 23.9 Å². The molecule has 2 rings (SSSR count). The second-order valence-corrected chi connectivity index (χ2v) is 4.17. The van der Waals surface area contributed by atoms with Gasteiger partial charge in [-0.3, -0.25) is 4.79 Å². The van der Waals surface area contributed by atoms with Crippen molar-refractivity contribution in [1.82, 2.24) is 20.3 Å². The number of amides is 1. The van der Waals surface area contributed by atoms with E-state index in [1.807, 2.05) is 13.1 Å². The maximum atomic E-state index is 11.9. The highest BCUT2D eigenvalue weighted by Gasteiger charge is 2.08. The van der Waals surface area contributed by atoms with Crippen LogP contribution in [0.3, 0.4) is 0 Å². The molecule has 0 spiro atoms. The summed E-state index contributed by atoms with van der Waals surface area (Å²) < 4.78 is 1.68. The van der Waals surface area contributed by atoms with E-state index in [2.05, 4.69) is 15.6 Å². The van der Waals surface area contributed by atoms with Crippen molar-refractivity contribution in [3.63, 3.8) is 0 Å². The summed E-state index contributed by atoms with van der Waals surface area (Å²) in [6.45, 7) is 1.30. The molecule has 1 amide bonds. The van der Waals surface area contributed by atoms with Crippen LogP contribution in [0.2, 0.25) is 0 Å². The lowest BCUT2D eigenvalue weighted by Gasteiger charge is -2.04. The lowest BCUT2D eigenvalue weighted by Crippen LogP contribution is -2.24. The molecule has 0 atom stereocenters. The van der Waals surface area contributed by atoms with Crippen molar-refractivity contribution in [2.45, 2.75) is 12.8 Å². The predicted octanol–water partition coefficient (Wildman–Crippen LogP) is 0.859. The Labute approximate surface area is 117 Å². The van der Waals surface area contributed by atoms with Crippen molar-refractivity contribution in [2.75, 3.05) is 13.1 Å². The van der Waals surface area contributed by atoms with Gasteiger partial charge in [-0.2, -0.15) is 0 Å². The topological polar surface area (TPSA) is 85.8 Å². The number of benzene rings is 1. The Kier molecular flexibility index (Phi) is 5.72. The Morgan fingerprint density at radius 1 is 1.42 bits per heavy atom. The van der Waals surface area contributed by atoms with Crippen LogP contribution in [0.5, 0.6) is 0 Å². The first-order valence-electron chi connectivity index (χ1n) is 6.00. The number of rotatable bonds is 5. The van der Waals surface area contributed by atoms with Crippen LogP contribution in [0.25, 0.3) is 11.0 Å². The first-order chi connectivity index (χ1) is 8.72. The van der Waals surface area contributed by atoms with Gasteiger partial charge in [0, 0.05) is 19.2 Å². The predicted molar refractivity (Wildman–Crippen MR) is 76.4 cm³/mol. The summed E-state index contributed by atoms with van der Waals surface area (Å²) in [5.74, 6) is -0.0837. The van der Waals surface area contributed by atoms with Gasteiger partial charge in [-0.05, 0) is 37.6 Å². The molecule has 0 saturated carbocycles. The maximum absolute atomic E-state index is 11.9. The zero-order chi connectivity index (χ0) is 13.0. The van der Waals surface area contributed by atoms with Crippen molar-refractivity contribution in [3.8, 4) is 0 Å². The number of carbonyl (C=O) groups is 1. The molecule has 1 aromatic carbocycles. The largest absolute Gasteiger partial charge is 0.352 e. The summed E-state index contributed by atoms with van der Waals surface area (Å²) in [4.78, 5) is 11.9. The van der Waals surface area contributed by atoms with Crippen molar-refractivity contribution < 1.29 is 4.79 Å². The second kappa shape index (κ2) is 7.06. The van der Waals surface area contributed by atoms with E-state index >= 15 is 0 Å². The molecule has 0 bridgehead atoms. The Balaban J connectivity index is 0.00000180. The number of fused-ring (bicyclic) bond motifs is 1. The van der Waals surface area contributed by atoms with Gasteiger partial charge < -0.3 is 11.1 Å². The van der Waals surface area contributed by atoms with E-state index in [1.165, 1.54) is 0 Å². The third kappa shape index (κ3) is 3.65. The average molecular weight is 284 g/mol. The van der Waals surface area contributed by atoms with Gasteiger partial charge in [-0.15, -0.1) is 17.5 Å². The molecule has 0 aliphatic carbocycles. The fourth-order valence-corrected chi connectivity index (χ4v) is 1.76. The van der Waals surface area contributed by atoms with Crippen LogP contribution in [-0.4, -0.2) is 34.0 Å². The molecular formula is C12H18ClN5O. The van der Waals surface area contributed by atoms with Gasteiger partial charge in [0.1, 0.15) is 5.52 Å². The summed E-state index contributed by atoms with van der Waals surface area (Å²) in [5, 5.41) is 10.7. The number of nitrogens with zero attached hydrogens (tertiary/aromatic N) is 3. The molecule has 7 heteroatoms. The van der Waals surface area contributed by atoms with E-state index in [0.29, 0.717) is 18.7 Å². The molecule has 0 radical (unpaired) electrons. The molecular weight excluding hydrogens is 266 g/mol. The van der Waals surface area contributed by atoms with Gasteiger partial charge in [-0.25, -0.2) is 4.68 Å². The average Bonchev–Trinajstić information content (AvgIpc) is 2.76. The number of hydrogen-bond donors (Lipinski definition) is 2. The highest BCUT2D eigenvalue weighted by atomic mass is 35.5. The van der Waals surface area contributed by atoms with Crippen molar-refractivity contribution in [1.29, 1.82) is 0 Å². The Morgan fingerprint density at radius 3 is 2.95 bits per heavy atom. The quantitative estimate of drug-likeness (QED) is 0.797. The van der Waals surface area contributed by atoms with Crippen molar-refractivity contribution >= 4 is 29.3 Å². The summed E-state index contributed by atoms with van der Waals surface area (Å²) in [7, 11) is 1.82. The van der Waals surface area contributed by atoms with Crippen LogP contribution in [0.15, 0.2) is 18.2 Å². The van der Waals surface area contributed by atoms with Gasteiger partial charge in [-0.1, -0.05) is 5.21 Å². The van der Waals surface area contributed by atoms with E-state index in [-0.39, 0.29) is 18.3 Å². The molecule has 19 heavy (non-hydrogen) atoms. The maximum Gasteiger partial charge on any atom is 0.251 e. The summed E-state index contributed by atoms with van der Waals surface area (Å²) in [6, 6.07) is 5.38. The highest BCUT2D eigenvalue weighted by molar-refractivity contribution is 5.97. The Bertz CT molecular complexity index is 554. The third-order valence-electron chi connectivity index (χ3n) is 2.79. The fraction of sp³-hybridized carbons (Fsp3) is 0.417. The number of nitrogens with one attached hydrogen (secondary N) is 1. The van der Waals surface area contributed by atoms with E-state index < -0.39 is 0 Å². The van der Waals surface area contributed by atoms with Crippen LogP contribution in [0.1, 0.15) is 23.2 Å². The van der Waals surface area contributed by atoms with Crippen LogP contribution >= 0.6 is 12.4 Å². The van der Waals surface area contributed by atoms with Crippen LogP contribution in [-0.2, 0) is 7.05 Å². The van der Waals surface area contributed by atoms with Gasteiger partial charge in [0.05, 0.1) is 5.52 Å². The van der Waals surface area contributed by atoms with E-state index in [4.69, 9.17) is 5.73 Å². The molecule has 0 unspecified atom stereocenters. The van der Waals surface area contributed by atoms with E-state index in [9.17, 15) is 4.79 Å². The van der Waals surface area contributed by atoms with Gasteiger partial charge in [0.2, 0.25) is 0 Å². The number of aryl methyl sites for hydroxylation is 1. The zero-order valence-corrected chi connectivity index (χ0v) is 11.6. The van der Waals surface area contributed by atoms with Gasteiger partial charge in [0.15, 0.2) is 0 Å². The van der Waals surface area contributed by atoms with Crippen LogP contribution < -0.4 is 11.1 Å². The molecule has 0 saturated heterocycles. The van der Waals surface area contributed by atoms with Crippen LogP contribution in [0.4, 0.5) is 0 Å². The minimum absolute atomic E-state index is 0. The first kappa shape index (κ1) is 15.4. The van der Waals surface area contributed by atoms with E-state index in [1.54, 1.807) is 16.8 Å². The number of halogens is 1. The first-order valence-corrected chi connectivity index (χ1v) is 6.00. The number of aromatic nitrogens is 3. The third-order valence-corrected chi connectivity index (χ3v) is 2.79. The molecule has 0 fully saturated rings. The standard InChI is InChI=1S/C12H17N5O.ClH/c1-17-11-5-4-9(8-10(11)15-16-17)12(18)14-7-3-2-6-13;/h4-5,8H,2-3,6-7,13H2,1H3,(H,14,18);1H. The van der Waals surface area contributed by atoms with Crippen molar-refractivity contribution in [3.05, 3.63) is 23.8 Å². The van der Waals surface area contributed by atoms with Crippen molar-refractivity contribution in [2.24, 2.45) is 12.8 Å². The minimum atomic E-state index is -0.0837. The summed E-state index contributed by atoms with van der Waals surface area (Å²) >= 11 is 0. The van der Waals surface area contributed by atoms with Gasteiger partial charge in [0.25, 0.3) is 5.91 Å². The normalized spacial score (nSPS) is 10.2. The Morgan fingerprint density at radius 2 is 2.21 bits per heavy atom. The molecule has 104 valence electrons. The minimum Gasteiger partial charge on any atom is -0.352 e. The zero-order valence-electron chi connectivity index (χ0n) is 10.8. The Hall–Kier alpha value is -1.66. The molecule has 1 heterocycles. The molecule has 0 aliphatic rings. The van der Waals surface area contributed by atoms with Crippen LogP contribution in [0, 0.1) is 0 Å².